The van der Waals surface area contributed by atoms with Gasteiger partial charge in [0.15, 0.2) is 0 Å². The van der Waals surface area contributed by atoms with Gasteiger partial charge in [-0.3, -0.25) is 9.59 Å². The van der Waals surface area contributed by atoms with Crippen LogP contribution in [0.1, 0.15) is 62.5 Å². The molecule has 28 heavy (non-hydrogen) atoms. The monoisotopic (exact) mass is 380 g/mol. The first-order valence-electron chi connectivity index (χ1n) is 11.1. The topological polar surface area (TPSA) is 49.4 Å². The Morgan fingerprint density at radius 2 is 1.68 bits per heavy atom. The van der Waals surface area contributed by atoms with E-state index in [1.54, 1.807) is 0 Å². The number of nitrogens with one attached hydrogen (secondary N) is 1. The number of carbonyl (C=O) groups excluding carboxylic acids is 2. The summed E-state index contributed by atoms with van der Waals surface area (Å²) in [4.78, 5) is 28.8. The van der Waals surface area contributed by atoms with Gasteiger partial charge in [-0.25, -0.2) is 0 Å². The van der Waals surface area contributed by atoms with Gasteiger partial charge in [0.2, 0.25) is 11.8 Å². The molecule has 4 aliphatic carbocycles. The van der Waals surface area contributed by atoms with E-state index in [1.165, 1.54) is 24.8 Å². The first kappa shape index (κ1) is 18.2. The number of benzene rings is 1. The number of carbonyl (C=O) groups is 2. The summed E-state index contributed by atoms with van der Waals surface area (Å²) in [6.45, 7) is 4.84. The molecule has 150 valence electrons. The molecule has 1 atom stereocenters. The number of rotatable bonds is 3. The molecule has 6 rings (SSSR count). The molecule has 1 heterocycles. The molecule has 0 spiro atoms. The molecule has 4 bridgehead atoms. The largest absolute Gasteiger partial charge is 0.330 e. The fourth-order valence-electron chi connectivity index (χ4n) is 7.06. The SMILES string of the molecule is Cc1cccc(NC(=O)[C@@H]2CCCN2C(=O)C23CC4CC(CC(C4)C2)C3)c1C. The lowest BCUT2D eigenvalue weighted by atomic mass is 9.49. The Balaban J connectivity index is 1.35. The Hall–Kier alpha value is -1.84. The van der Waals surface area contributed by atoms with Crippen molar-refractivity contribution >= 4 is 17.5 Å². The average molecular weight is 381 g/mol. The minimum atomic E-state index is -0.305. The Morgan fingerprint density at radius 3 is 2.32 bits per heavy atom. The molecule has 4 saturated carbocycles. The zero-order valence-electron chi connectivity index (χ0n) is 17.2. The highest BCUT2D eigenvalue weighted by Gasteiger charge is 2.56. The van der Waals surface area contributed by atoms with Crippen LogP contribution in [0.5, 0.6) is 0 Å². The van der Waals surface area contributed by atoms with E-state index in [9.17, 15) is 9.59 Å². The summed E-state index contributed by atoms with van der Waals surface area (Å²) in [7, 11) is 0. The third kappa shape index (κ3) is 2.87. The maximum Gasteiger partial charge on any atom is 0.247 e. The Bertz CT molecular complexity index is 780. The third-order valence-electron chi connectivity index (χ3n) is 8.17. The number of nitrogens with zero attached hydrogens (tertiary/aromatic N) is 1. The molecule has 1 saturated heterocycles. The molecule has 1 N–H and O–H groups in total. The first-order chi connectivity index (χ1) is 13.4. The van der Waals surface area contributed by atoms with Gasteiger partial charge in [0.1, 0.15) is 6.04 Å². The molecule has 0 unspecified atom stereocenters. The normalized spacial score (nSPS) is 36.0. The molecule has 1 aliphatic heterocycles. The maximum absolute atomic E-state index is 13.7. The quantitative estimate of drug-likeness (QED) is 0.842. The summed E-state index contributed by atoms with van der Waals surface area (Å²) in [5.74, 6) is 2.54. The molecule has 0 aromatic heterocycles. The molecule has 4 nitrogen and oxygen atoms in total. The van der Waals surface area contributed by atoms with Crippen molar-refractivity contribution in [3.63, 3.8) is 0 Å². The number of hydrogen-bond acceptors (Lipinski definition) is 2. The summed E-state index contributed by atoms with van der Waals surface area (Å²) in [6.07, 6.45) is 8.94. The Labute approximate surface area is 168 Å². The molecule has 5 aliphatic rings. The Morgan fingerprint density at radius 1 is 1.04 bits per heavy atom. The van der Waals surface area contributed by atoms with Crippen LogP contribution in [0.25, 0.3) is 0 Å². The minimum Gasteiger partial charge on any atom is -0.330 e. The van der Waals surface area contributed by atoms with Crippen LogP contribution >= 0.6 is 0 Å². The van der Waals surface area contributed by atoms with E-state index < -0.39 is 0 Å². The van der Waals surface area contributed by atoms with Crippen LogP contribution < -0.4 is 5.32 Å². The summed E-state index contributed by atoms with van der Waals surface area (Å²) < 4.78 is 0. The average Bonchev–Trinajstić information content (AvgIpc) is 3.13. The minimum absolute atomic E-state index is 0.00993. The fraction of sp³-hybridized carbons (Fsp3) is 0.667. The first-order valence-corrected chi connectivity index (χ1v) is 11.1. The van der Waals surface area contributed by atoms with Crippen molar-refractivity contribution in [3.8, 4) is 0 Å². The second-order valence-electron chi connectivity index (χ2n) is 10.1. The molecule has 1 aromatic rings. The molecular formula is C24H32N2O2. The number of anilines is 1. The summed E-state index contributed by atoms with van der Waals surface area (Å²) in [6, 6.07) is 5.69. The molecular weight excluding hydrogens is 348 g/mol. The smallest absolute Gasteiger partial charge is 0.247 e. The van der Waals surface area contributed by atoms with Gasteiger partial charge in [-0.15, -0.1) is 0 Å². The van der Waals surface area contributed by atoms with Crippen molar-refractivity contribution in [2.45, 2.75) is 71.3 Å². The highest BCUT2D eigenvalue weighted by atomic mass is 16.2. The van der Waals surface area contributed by atoms with Gasteiger partial charge in [0.05, 0.1) is 5.41 Å². The van der Waals surface area contributed by atoms with E-state index in [2.05, 4.69) is 18.3 Å². The maximum atomic E-state index is 13.7. The molecule has 4 heteroatoms. The summed E-state index contributed by atoms with van der Waals surface area (Å²) in [5, 5.41) is 3.12. The van der Waals surface area contributed by atoms with Crippen LogP contribution in [-0.2, 0) is 9.59 Å². The summed E-state index contributed by atoms with van der Waals surface area (Å²) >= 11 is 0. The fourth-order valence-corrected chi connectivity index (χ4v) is 7.06. The molecule has 2 amide bonds. The highest BCUT2D eigenvalue weighted by molar-refractivity contribution is 5.99. The lowest BCUT2D eigenvalue weighted by Gasteiger charge is -2.56. The standard InChI is InChI=1S/C24H32N2O2/c1-15-5-3-6-20(16(15)2)25-22(27)21-7-4-8-26(21)23(28)24-12-17-9-18(13-24)11-19(10-17)14-24/h3,5-6,17-19,21H,4,7-14H2,1-2H3,(H,25,27)/t17?,18?,19?,21-,24?/m0/s1. The second kappa shape index (κ2) is 6.60. The van der Waals surface area contributed by atoms with Crippen LogP contribution in [0, 0.1) is 37.0 Å². The van der Waals surface area contributed by atoms with Crippen molar-refractivity contribution in [2.24, 2.45) is 23.2 Å². The van der Waals surface area contributed by atoms with E-state index in [4.69, 9.17) is 0 Å². The second-order valence-corrected chi connectivity index (χ2v) is 10.1. The van der Waals surface area contributed by atoms with E-state index >= 15 is 0 Å². The van der Waals surface area contributed by atoms with Crippen LogP contribution in [-0.4, -0.2) is 29.3 Å². The van der Waals surface area contributed by atoms with Gasteiger partial charge in [-0.05, 0) is 100 Å². The van der Waals surface area contributed by atoms with E-state index in [0.717, 1.165) is 67.7 Å². The van der Waals surface area contributed by atoms with Gasteiger partial charge in [-0.1, -0.05) is 12.1 Å². The number of amides is 2. The van der Waals surface area contributed by atoms with Gasteiger partial charge in [-0.2, -0.15) is 0 Å². The van der Waals surface area contributed by atoms with Gasteiger partial charge in [0.25, 0.3) is 0 Å². The predicted molar refractivity (Wildman–Crippen MR) is 110 cm³/mol. The lowest BCUT2D eigenvalue weighted by molar-refractivity contribution is -0.160. The highest BCUT2D eigenvalue weighted by Crippen LogP contribution is 2.60. The van der Waals surface area contributed by atoms with Crippen molar-refractivity contribution < 1.29 is 9.59 Å². The van der Waals surface area contributed by atoms with E-state index in [0.29, 0.717) is 5.91 Å². The van der Waals surface area contributed by atoms with Crippen LogP contribution in [0.3, 0.4) is 0 Å². The number of hydrogen-bond donors (Lipinski definition) is 1. The van der Waals surface area contributed by atoms with Crippen molar-refractivity contribution in [1.82, 2.24) is 4.90 Å². The zero-order chi connectivity index (χ0) is 19.5. The Kier molecular flexibility index (Phi) is 4.29. The van der Waals surface area contributed by atoms with Crippen LogP contribution in [0.2, 0.25) is 0 Å². The molecule has 0 radical (unpaired) electrons. The van der Waals surface area contributed by atoms with Crippen molar-refractivity contribution in [3.05, 3.63) is 29.3 Å². The zero-order valence-corrected chi connectivity index (χ0v) is 17.2. The van der Waals surface area contributed by atoms with Crippen LogP contribution in [0.15, 0.2) is 18.2 Å². The third-order valence-corrected chi connectivity index (χ3v) is 8.17. The van der Waals surface area contributed by atoms with Crippen molar-refractivity contribution in [2.75, 3.05) is 11.9 Å². The van der Waals surface area contributed by atoms with Gasteiger partial charge >= 0.3 is 0 Å². The van der Waals surface area contributed by atoms with E-state index in [-0.39, 0.29) is 17.4 Å². The summed E-state index contributed by atoms with van der Waals surface area (Å²) in [5.41, 5.74) is 2.99. The molecule has 5 fully saturated rings. The van der Waals surface area contributed by atoms with E-state index in [1.807, 2.05) is 24.0 Å². The number of likely N-dealkylation sites (tertiary alicyclic amines) is 1. The predicted octanol–water partition coefficient (Wildman–Crippen LogP) is 4.45. The van der Waals surface area contributed by atoms with Gasteiger partial charge in [0, 0.05) is 12.2 Å². The number of aryl methyl sites for hydroxylation is 1. The van der Waals surface area contributed by atoms with Crippen LogP contribution in [0.4, 0.5) is 5.69 Å². The van der Waals surface area contributed by atoms with Crippen molar-refractivity contribution in [1.29, 1.82) is 0 Å². The van der Waals surface area contributed by atoms with Gasteiger partial charge < -0.3 is 10.2 Å². The lowest BCUT2D eigenvalue weighted by Crippen LogP contribution is -2.56. The molecule has 1 aromatic carbocycles.